The second kappa shape index (κ2) is 5.22. The van der Waals surface area contributed by atoms with Crippen molar-refractivity contribution in [3.63, 3.8) is 0 Å². The highest BCUT2D eigenvalue weighted by atomic mass is 14.4. The summed E-state index contributed by atoms with van der Waals surface area (Å²) in [6.45, 7) is 18.6. The molecule has 0 fully saturated rings. The second-order valence-electron chi connectivity index (χ2n) is 9.63. The number of benzene rings is 2. The molecule has 0 unspecified atom stereocenters. The first-order valence-electron chi connectivity index (χ1n) is 9.29. The van der Waals surface area contributed by atoms with Gasteiger partial charge in [0.1, 0.15) is 0 Å². The minimum absolute atomic E-state index is 0.0752. The fourth-order valence-electron chi connectivity index (χ4n) is 3.83. The van der Waals surface area contributed by atoms with Gasteiger partial charge in [-0.15, -0.1) is 0 Å². The van der Waals surface area contributed by atoms with Gasteiger partial charge in [-0.2, -0.15) is 0 Å². The molecule has 128 valence electrons. The van der Waals surface area contributed by atoms with Crippen LogP contribution in [0.5, 0.6) is 0 Å². The van der Waals surface area contributed by atoms with E-state index in [2.05, 4.69) is 91.8 Å². The predicted octanol–water partition coefficient (Wildman–Crippen LogP) is 6.98. The molecule has 0 saturated carbocycles. The molecular formula is C24H32. The molecule has 0 nitrogen and oxygen atoms in total. The van der Waals surface area contributed by atoms with Gasteiger partial charge in [-0.3, -0.25) is 0 Å². The summed E-state index contributed by atoms with van der Waals surface area (Å²) in [5, 5.41) is 0. The van der Waals surface area contributed by atoms with Gasteiger partial charge in [0.15, 0.2) is 0 Å². The molecule has 0 N–H and O–H groups in total. The van der Waals surface area contributed by atoms with Gasteiger partial charge in [0, 0.05) is 5.41 Å². The van der Waals surface area contributed by atoms with E-state index in [9.17, 15) is 0 Å². The normalized spacial score (nSPS) is 16.0. The Hall–Kier alpha value is -1.56. The number of fused-ring (bicyclic) bond motifs is 3. The van der Waals surface area contributed by atoms with E-state index in [1.165, 1.54) is 33.4 Å². The van der Waals surface area contributed by atoms with Crippen LogP contribution in [-0.4, -0.2) is 0 Å². The molecule has 2 aromatic carbocycles. The van der Waals surface area contributed by atoms with Gasteiger partial charge >= 0.3 is 0 Å². The topological polar surface area (TPSA) is 0 Å². The van der Waals surface area contributed by atoms with Crippen molar-refractivity contribution in [1.82, 2.24) is 0 Å². The van der Waals surface area contributed by atoms with Gasteiger partial charge < -0.3 is 0 Å². The fourth-order valence-corrected chi connectivity index (χ4v) is 3.83. The van der Waals surface area contributed by atoms with Crippen LogP contribution in [0.15, 0.2) is 36.4 Å². The van der Waals surface area contributed by atoms with Crippen molar-refractivity contribution in [2.24, 2.45) is 0 Å². The van der Waals surface area contributed by atoms with Gasteiger partial charge in [-0.05, 0) is 50.6 Å². The first-order chi connectivity index (χ1) is 11.0. The van der Waals surface area contributed by atoms with Crippen molar-refractivity contribution < 1.29 is 0 Å². The summed E-state index contributed by atoms with van der Waals surface area (Å²) >= 11 is 0. The van der Waals surface area contributed by atoms with Gasteiger partial charge in [0.25, 0.3) is 0 Å². The van der Waals surface area contributed by atoms with Gasteiger partial charge in [-0.1, -0.05) is 91.8 Å². The summed E-state index contributed by atoms with van der Waals surface area (Å²) in [6.07, 6.45) is 1.16. The highest BCUT2D eigenvalue weighted by Crippen LogP contribution is 2.50. The molecule has 0 aromatic heterocycles. The standard InChI is InChI=1S/C24H32/c1-9-23(5,6)17-11-13-19-18-12-10-16(22(2,3)4)14-20(18)24(7,8)21(19)15-17/h10-15H,9H2,1-8H3. The van der Waals surface area contributed by atoms with Gasteiger partial charge in [-0.25, -0.2) is 0 Å². The largest absolute Gasteiger partial charge is 0.0646 e. The Kier molecular flexibility index (Phi) is 3.75. The van der Waals surface area contributed by atoms with E-state index in [0.717, 1.165) is 6.42 Å². The van der Waals surface area contributed by atoms with E-state index in [4.69, 9.17) is 0 Å². The highest BCUT2D eigenvalue weighted by molar-refractivity contribution is 5.81. The monoisotopic (exact) mass is 320 g/mol. The van der Waals surface area contributed by atoms with Crippen LogP contribution < -0.4 is 0 Å². The van der Waals surface area contributed by atoms with Crippen LogP contribution in [0.3, 0.4) is 0 Å². The first-order valence-corrected chi connectivity index (χ1v) is 9.29. The maximum atomic E-state index is 2.47. The molecular weight excluding hydrogens is 288 g/mol. The van der Waals surface area contributed by atoms with Crippen molar-refractivity contribution in [2.75, 3.05) is 0 Å². The lowest BCUT2D eigenvalue weighted by Gasteiger charge is -2.28. The van der Waals surface area contributed by atoms with Crippen LogP contribution in [0.4, 0.5) is 0 Å². The molecule has 0 spiro atoms. The van der Waals surface area contributed by atoms with Crippen LogP contribution in [-0.2, 0) is 16.2 Å². The zero-order chi connectivity index (χ0) is 17.9. The lowest BCUT2D eigenvalue weighted by molar-refractivity contribution is 0.504. The lowest BCUT2D eigenvalue weighted by atomic mass is 9.76. The summed E-state index contributed by atoms with van der Waals surface area (Å²) < 4.78 is 0. The summed E-state index contributed by atoms with van der Waals surface area (Å²) in [6, 6.07) is 14.3. The lowest BCUT2D eigenvalue weighted by Crippen LogP contribution is -2.20. The van der Waals surface area contributed by atoms with E-state index in [-0.39, 0.29) is 16.2 Å². The molecule has 1 aliphatic carbocycles. The molecule has 0 atom stereocenters. The zero-order valence-electron chi connectivity index (χ0n) is 16.7. The Morgan fingerprint density at radius 2 is 1.21 bits per heavy atom. The molecule has 1 aliphatic rings. The van der Waals surface area contributed by atoms with Gasteiger partial charge in [0.2, 0.25) is 0 Å². The van der Waals surface area contributed by atoms with Gasteiger partial charge in [0.05, 0.1) is 0 Å². The molecule has 0 radical (unpaired) electrons. The van der Waals surface area contributed by atoms with E-state index in [0.29, 0.717) is 0 Å². The van der Waals surface area contributed by atoms with E-state index >= 15 is 0 Å². The van der Waals surface area contributed by atoms with Crippen molar-refractivity contribution >= 4 is 0 Å². The Balaban J connectivity index is 2.19. The Morgan fingerprint density at radius 1 is 0.750 bits per heavy atom. The molecule has 0 aliphatic heterocycles. The Morgan fingerprint density at radius 3 is 1.67 bits per heavy atom. The van der Waals surface area contributed by atoms with Crippen molar-refractivity contribution in [3.05, 3.63) is 58.7 Å². The smallest absolute Gasteiger partial charge is 0.0159 e. The first kappa shape index (κ1) is 17.3. The minimum atomic E-state index is 0.0752. The number of rotatable bonds is 2. The van der Waals surface area contributed by atoms with Crippen molar-refractivity contribution in [1.29, 1.82) is 0 Å². The fraction of sp³-hybridized carbons (Fsp3) is 0.500. The summed E-state index contributed by atoms with van der Waals surface area (Å²) in [4.78, 5) is 0. The molecule has 0 heteroatoms. The summed E-state index contributed by atoms with van der Waals surface area (Å²) in [5.41, 5.74) is 9.20. The summed E-state index contributed by atoms with van der Waals surface area (Å²) in [5.74, 6) is 0. The van der Waals surface area contributed by atoms with Crippen LogP contribution in [0, 0.1) is 0 Å². The van der Waals surface area contributed by atoms with Crippen LogP contribution in [0.25, 0.3) is 11.1 Å². The number of hydrogen-bond donors (Lipinski definition) is 0. The van der Waals surface area contributed by atoms with Crippen LogP contribution in [0.2, 0.25) is 0 Å². The Labute approximate surface area is 148 Å². The molecule has 3 rings (SSSR count). The second-order valence-corrected chi connectivity index (χ2v) is 9.63. The van der Waals surface area contributed by atoms with Crippen molar-refractivity contribution in [2.45, 2.75) is 78.1 Å². The molecule has 2 aromatic rings. The third kappa shape index (κ3) is 2.51. The number of hydrogen-bond acceptors (Lipinski definition) is 0. The summed E-state index contributed by atoms with van der Waals surface area (Å²) in [7, 11) is 0. The van der Waals surface area contributed by atoms with Crippen molar-refractivity contribution in [3.8, 4) is 11.1 Å². The maximum Gasteiger partial charge on any atom is 0.0159 e. The molecule has 0 heterocycles. The zero-order valence-corrected chi connectivity index (χ0v) is 16.7. The maximum absolute atomic E-state index is 2.47. The Bertz CT molecular complexity index is 782. The molecule has 0 bridgehead atoms. The molecule has 24 heavy (non-hydrogen) atoms. The molecule has 0 saturated heterocycles. The molecule has 0 amide bonds. The van der Waals surface area contributed by atoms with E-state index in [1.54, 1.807) is 0 Å². The minimum Gasteiger partial charge on any atom is -0.0646 e. The quantitative estimate of drug-likeness (QED) is 0.560. The highest BCUT2D eigenvalue weighted by Gasteiger charge is 2.37. The van der Waals surface area contributed by atoms with Crippen LogP contribution >= 0.6 is 0 Å². The van der Waals surface area contributed by atoms with E-state index in [1.807, 2.05) is 0 Å². The van der Waals surface area contributed by atoms with E-state index < -0.39 is 0 Å². The third-order valence-corrected chi connectivity index (χ3v) is 6.21. The third-order valence-electron chi connectivity index (χ3n) is 6.21. The average molecular weight is 321 g/mol. The van der Waals surface area contributed by atoms with Crippen LogP contribution in [0.1, 0.15) is 84.1 Å². The predicted molar refractivity (Wildman–Crippen MR) is 106 cm³/mol. The SMILES string of the molecule is CCC(C)(C)c1ccc2c(c1)C(C)(C)c1cc(C(C)(C)C)ccc1-2. The average Bonchev–Trinajstić information content (AvgIpc) is 2.74.